The van der Waals surface area contributed by atoms with Crippen LogP contribution in [-0.4, -0.2) is 17.6 Å². The molecule has 0 saturated heterocycles. The van der Waals surface area contributed by atoms with Crippen molar-refractivity contribution in [2.24, 2.45) is 0 Å². The zero-order valence-corrected chi connectivity index (χ0v) is 12.4. The van der Waals surface area contributed by atoms with E-state index in [1.54, 1.807) is 35.2 Å². The van der Waals surface area contributed by atoms with Gasteiger partial charge in [-0.1, -0.05) is 29.3 Å². The maximum absolute atomic E-state index is 13.1. The summed E-state index contributed by atoms with van der Waals surface area (Å²) in [6, 6.07) is 10.9. The smallest absolute Gasteiger partial charge is 0.323 e. The van der Waals surface area contributed by atoms with Crippen molar-refractivity contribution in [2.45, 2.75) is 6.54 Å². The van der Waals surface area contributed by atoms with E-state index in [-0.39, 0.29) is 18.1 Å². The third kappa shape index (κ3) is 4.34. The first kappa shape index (κ1) is 15.6. The Morgan fingerprint density at radius 2 is 1.81 bits per heavy atom. The maximum Gasteiger partial charge on any atom is 0.323 e. The minimum absolute atomic E-state index is 0.199. The van der Waals surface area contributed by atoms with Gasteiger partial charge in [-0.15, -0.1) is 0 Å². The standard InChI is InChI=1S/C15H12Cl2FNO2/c16-11-2-5-13(6-3-11)19(9-15(20)21)8-10-1-4-12(18)7-14(10)17/h1-7H,8-9H2,(H,20,21). The van der Waals surface area contributed by atoms with Crippen molar-refractivity contribution in [3.05, 3.63) is 63.9 Å². The number of nitrogens with zero attached hydrogens (tertiary/aromatic N) is 1. The zero-order valence-electron chi connectivity index (χ0n) is 10.9. The average Bonchev–Trinajstić information content (AvgIpc) is 2.41. The summed E-state index contributed by atoms with van der Waals surface area (Å²) in [4.78, 5) is 12.6. The van der Waals surface area contributed by atoms with Crippen molar-refractivity contribution in [1.82, 2.24) is 0 Å². The predicted molar refractivity (Wildman–Crippen MR) is 81.5 cm³/mol. The fourth-order valence-corrected chi connectivity index (χ4v) is 2.26. The lowest BCUT2D eigenvalue weighted by molar-refractivity contribution is -0.135. The van der Waals surface area contributed by atoms with E-state index < -0.39 is 11.8 Å². The van der Waals surface area contributed by atoms with Crippen LogP contribution in [-0.2, 0) is 11.3 Å². The second-order valence-corrected chi connectivity index (χ2v) is 5.31. The minimum atomic E-state index is -0.969. The van der Waals surface area contributed by atoms with Crippen LogP contribution in [0.4, 0.5) is 10.1 Å². The lowest BCUT2D eigenvalue weighted by Crippen LogP contribution is -2.29. The van der Waals surface area contributed by atoms with Crippen LogP contribution in [0.5, 0.6) is 0 Å². The van der Waals surface area contributed by atoms with Crippen LogP contribution >= 0.6 is 23.2 Å². The van der Waals surface area contributed by atoms with Crippen LogP contribution in [0.15, 0.2) is 42.5 Å². The topological polar surface area (TPSA) is 40.5 Å². The zero-order chi connectivity index (χ0) is 15.4. The van der Waals surface area contributed by atoms with Gasteiger partial charge in [-0.05, 0) is 42.0 Å². The molecule has 0 radical (unpaired) electrons. The Hall–Kier alpha value is -1.78. The highest BCUT2D eigenvalue weighted by atomic mass is 35.5. The molecule has 0 heterocycles. The molecule has 0 bridgehead atoms. The Bertz CT molecular complexity index is 647. The molecule has 2 rings (SSSR count). The summed E-state index contributed by atoms with van der Waals surface area (Å²) in [7, 11) is 0. The highest BCUT2D eigenvalue weighted by Gasteiger charge is 2.13. The van der Waals surface area contributed by atoms with Gasteiger partial charge in [-0.2, -0.15) is 0 Å². The van der Waals surface area contributed by atoms with Gasteiger partial charge < -0.3 is 10.0 Å². The van der Waals surface area contributed by atoms with Gasteiger partial charge in [0, 0.05) is 22.3 Å². The van der Waals surface area contributed by atoms with Crippen molar-refractivity contribution < 1.29 is 14.3 Å². The molecular formula is C15H12Cl2FNO2. The first-order valence-corrected chi connectivity index (χ1v) is 6.87. The summed E-state index contributed by atoms with van der Waals surface area (Å²) in [6.07, 6.45) is 0. The fraction of sp³-hybridized carbons (Fsp3) is 0.133. The highest BCUT2D eigenvalue weighted by Crippen LogP contribution is 2.23. The molecule has 0 aromatic heterocycles. The second kappa shape index (κ2) is 6.78. The lowest BCUT2D eigenvalue weighted by atomic mass is 10.2. The first-order valence-electron chi connectivity index (χ1n) is 6.12. The number of hydrogen-bond donors (Lipinski definition) is 1. The number of anilines is 1. The summed E-state index contributed by atoms with van der Waals surface area (Å²) in [5, 5.41) is 9.86. The monoisotopic (exact) mass is 327 g/mol. The van der Waals surface area contributed by atoms with Crippen LogP contribution in [0.2, 0.25) is 10.0 Å². The quantitative estimate of drug-likeness (QED) is 0.893. The third-order valence-corrected chi connectivity index (χ3v) is 3.50. The largest absolute Gasteiger partial charge is 0.480 e. The minimum Gasteiger partial charge on any atom is -0.480 e. The maximum atomic E-state index is 13.1. The number of hydrogen-bond acceptors (Lipinski definition) is 2. The van der Waals surface area contributed by atoms with Gasteiger partial charge in [0.05, 0.1) is 0 Å². The van der Waals surface area contributed by atoms with Gasteiger partial charge in [-0.3, -0.25) is 4.79 Å². The Labute approximate surface area is 131 Å². The number of rotatable bonds is 5. The van der Waals surface area contributed by atoms with E-state index in [1.807, 2.05) is 0 Å². The number of carboxylic acid groups (broad SMARTS) is 1. The van der Waals surface area contributed by atoms with Crippen molar-refractivity contribution in [1.29, 1.82) is 0 Å². The lowest BCUT2D eigenvalue weighted by Gasteiger charge is -2.23. The normalized spacial score (nSPS) is 10.4. The molecule has 1 N–H and O–H groups in total. The Morgan fingerprint density at radius 3 is 2.38 bits per heavy atom. The number of aliphatic carboxylic acids is 1. The molecule has 2 aromatic rings. The van der Waals surface area contributed by atoms with Gasteiger partial charge >= 0.3 is 5.97 Å². The molecule has 110 valence electrons. The van der Waals surface area contributed by atoms with Crippen LogP contribution < -0.4 is 4.90 Å². The summed E-state index contributed by atoms with van der Waals surface area (Å²) < 4.78 is 13.1. The van der Waals surface area contributed by atoms with Crippen molar-refractivity contribution >= 4 is 34.9 Å². The fourth-order valence-electron chi connectivity index (χ4n) is 1.91. The van der Waals surface area contributed by atoms with Crippen molar-refractivity contribution in [3.8, 4) is 0 Å². The summed E-state index contributed by atoms with van der Waals surface area (Å²) in [6.45, 7) is 0.0579. The van der Waals surface area contributed by atoms with Gasteiger partial charge in [0.2, 0.25) is 0 Å². The van der Waals surface area contributed by atoms with Crippen LogP contribution in [0, 0.1) is 5.82 Å². The molecule has 6 heteroatoms. The van der Waals surface area contributed by atoms with Gasteiger partial charge in [-0.25, -0.2) is 4.39 Å². The summed E-state index contributed by atoms with van der Waals surface area (Å²) >= 11 is 11.8. The van der Waals surface area contributed by atoms with Gasteiger partial charge in [0.25, 0.3) is 0 Å². The Kier molecular flexibility index (Phi) is 5.04. The molecule has 0 atom stereocenters. The first-order chi connectivity index (χ1) is 9.95. The molecular weight excluding hydrogens is 316 g/mol. The molecule has 0 aliphatic carbocycles. The van der Waals surface area contributed by atoms with Gasteiger partial charge in [0.1, 0.15) is 12.4 Å². The molecule has 0 spiro atoms. The number of benzene rings is 2. The van der Waals surface area contributed by atoms with E-state index in [2.05, 4.69) is 0 Å². The second-order valence-electron chi connectivity index (χ2n) is 4.46. The SMILES string of the molecule is O=C(O)CN(Cc1ccc(F)cc1Cl)c1ccc(Cl)cc1. The molecule has 21 heavy (non-hydrogen) atoms. The average molecular weight is 328 g/mol. The predicted octanol–water partition coefficient (Wildman–Crippen LogP) is 4.22. The third-order valence-electron chi connectivity index (χ3n) is 2.89. The molecule has 0 aliphatic heterocycles. The van der Waals surface area contributed by atoms with E-state index in [1.165, 1.54) is 12.1 Å². The van der Waals surface area contributed by atoms with Crippen molar-refractivity contribution in [3.63, 3.8) is 0 Å². The van der Waals surface area contributed by atoms with Crippen LogP contribution in [0.1, 0.15) is 5.56 Å². The molecule has 0 fully saturated rings. The van der Waals surface area contributed by atoms with E-state index in [4.69, 9.17) is 28.3 Å². The molecule has 2 aromatic carbocycles. The molecule has 0 aliphatic rings. The van der Waals surface area contributed by atoms with E-state index >= 15 is 0 Å². The molecule has 3 nitrogen and oxygen atoms in total. The Morgan fingerprint density at radius 1 is 1.14 bits per heavy atom. The highest BCUT2D eigenvalue weighted by molar-refractivity contribution is 6.31. The Balaban J connectivity index is 2.27. The molecule has 0 saturated carbocycles. The summed E-state index contributed by atoms with van der Waals surface area (Å²) in [5.74, 6) is -1.40. The number of halogens is 3. The number of carboxylic acids is 1. The van der Waals surface area contributed by atoms with Gasteiger partial charge in [0.15, 0.2) is 0 Å². The van der Waals surface area contributed by atoms with Crippen molar-refractivity contribution in [2.75, 3.05) is 11.4 Å². The summed E-state index contributed by atoms with van der Waals surface area (Å²) in [5.41, 5.74) is 1.34. The van der Waals surface area contributed by atoms with Crippen LogP contribution in [0.25, 0.3) is 0 Å². The molecule has 0 unspecified atom stereocenters. The van der Waals surface area contributed by atoms with E-state index in [9.17, 15) is 9.18 Å². The van der Waals surface area contributed by atoms with E-state index in [0.717, 1.165) is 0 Å². The molecule has 0 amide bonds. The van der Waals surface area contributed by atoms with Crippen LogP contribution in [0.3, 0.4) is 0 Å². The van der Waals surface area contributed by atoms with E-state index in [0.29, 0.717) is 16.3 Å². The number of carbonyl (C=O) groups is 1.